The molecule has 0 bridgehead atoms. The molecule has 2 aromatic rings. The summed E-state index contributed by atoms with van der Waals surface area (Å²) in [5, 5.41) is 9.16. The zero-order valence-electron chi connectivity index (χ0n) is 10.6. The summed E-state index contributed by atoms with van der Waals surface area (Å²) >= 11 is 0. The molecule has 0 atom stereocenters. The van der Waals surface area contributed by atoms with Crippen LogP contribution in [0.15, 0.2) is 36.4 Å². The van der Waals surface area contributed by atoms with Gasteiger partial charge in [-0.25, -0.2) is 9.18 Å². The first-order chi connectivity index (χ1) is 9.02. The molecule has 2 rings (SSSR count). The van der Waals surface area contributed by atoms with Crippen molar-refractivity contribution in [3.63, 3.8) is 0 Å². The highest BCUT2D eigenvalue weighted by atomic mass is 19.1. The molecule has 0 heterocycles. The Kier molecular flexibility index (Phi) is 3.51. The van der Waals surface area contributed by atoms with Crippen molar-refractivity contribution in [2.24, 2.45) is 0 Å². The molecule has 0 aliphatic heterocycles. The highest BCUT2D eigenvalue weighted by Crippen LogP contribution is 2.30. The Morgan fingerprint density at radius 2 is 1.89 bits per heavy atom. The second-order valence-electron chi connectivity index (χ2n) is 4.18. The molecule has 0 radical (unpaired) electrons. The summed E-state index contributed by atoms with van der Waals surface area (Å²) in [5.41, 5.74) is 1.95. The van der Waals surface area contributed by atoms with Gasteiger partial charge in [0, 0.05) is 0 Å². The van der Waals surface area contributed by atoms with E-state index in [0.717, 1.165) is 11.6 Å². The summed E-state index contributed by atoms with van der Waals surface area (Å²) in [6.45, 7) is 1.83. The molecule has 3 nitrogen and oxygen atoms in total. The maximum atomic E-state index is 13.4. The van der Waals surface area contributed by atoms with Crippen LogP contribution in [0.2, 0.25) is 0 Å². The SMILES string of the molecule is COc1ccc(-c2cc(F)ccc2C(=O)O)c(C)c1. The number of carboxylic acids is 1. The molecule has 0 spiro atoms. The number of aryl methyl sites for hydroxylation is 1. The first-order valence-corrected chi connectivity index (χ1v) is 5.71. The molecule has 19 heavy (non-hydrogen) atoms. The van der Waals surface area contributed by atoms with E-state index in [0.29, 0.717) is 16.9 Å². The van der Waals surface area contributed by atoms with Gasteiger partial charge in [-0.05, 0) is 53.9 Å². The van der Waals surface area contributed by atoms with Gasteiger partial charge in [-0.1, -0.05) is 6.07 Å². The molecule has 0 aliphatic rings. The van der Waals surface area contributed by atoms with Crippen molar-refractivity contribution < 1.29 is 19.0 Å². The molecule has 0 amide bonds. The van der Waals surface area contributed by atoms with Crippen LogP contribution in [0.1, 0.15) is 15.9 Å². The fourth-order valence-electron chi connectivity index (χ4n) is 1.99. The van der Waals surface area contributed by atoms with Gasteiger partial charge in [0.05, 0.1) is 12.7 Å². The fourth-order valence-corrected chi connectivity index (χ4v) is 1.99. The van der Waals surface area contributed by atoms with E-state index in [1.807, 2.05) is 6.92 Å². The lowest BCUT2D eigenvalue weighted by Crippen LogP contribution is -2.01. The van der Waals surface area contributed by atoms with Gasteiger partial charge in [0.25, 0.3) is 0 Å². The lowest BCUT2D eigenvalue weighted by atomic mass is 9.95. The summed E-state index contributed by atoms with van der Waals surface area (Å²) in [6.07, 6.45) is 0. The van der Waals surface area contributed by atoms with Crippen LogP contribution >= 0.6 is 0 Å². The minimum atomic E-state index is -1.08. The quantitative estimate of drug-likeness (QED) is 0.918. The summed E-state index contributed by atoms with van der Waals surface area (Å²) in [5.74, 6) is -0.866. The summed E-state index contributed by atoms with van der Waals surface area (Å²) in [4.78, 5) is 11.2. The molecule has 0 unspecified atom stereocenters. The monoisotopic (exact) mass is 260 g/mol. The van der Waals surface area contributed by atoms with Crippen LogP contribution in [0, 0.1) is 12.7 Å². The van der Waals surface area contributed by atoms with Gasteiger partial charge in [0.2, 0.25) is 0 Å². The lowest BCUT2D eigenvalue weighted by molar-refractivity contribution is 0.0697. The van der Waals surface area contributed by atoms with Crippen LogP contribution in [0.5, 0.6) is 5.75 Å². The molecule has 2 aromatic carbocycles. The molecule has 98 valence electrons. The number of benzene rings is 2. The summed E-state index contributed by atoms with van der Waals surface area (Å²) < 4.78 is 18.5. The molecular weight excluding hydrogens is 247 g/mol. The number of methoxy groups -OCH3 is 1. The largest absolute Gasteiger partial charge is 0.497 e. The molecule has 4 heteroatoms. The van der Waals surface area contributed by atoms with Crippen molar-refractivity contribution in [2.45, 2.75) is 6.92 Å². The highest BCUT2D eigenvalue weighted by Gasteiger charge is 2.14. The fraction of sp³-hybridized carbons (Fsp3) is 0.133. The molecule has 0 saturated carbocycles. The van der Waals surface area contributed by atoms with Gasteiger partial charge < -0.3 is 9.84 Å². The van der Waals surface area contributed by atoms with E-state index in [-0.39, 0.29) is 5.56 Å². The Hall–Kier alpha value is -2.36. The van der Waals surface area contributed by atoms with Crippen LogP contribution in [0.25, 0.3) is 11.1 Å². The van der Waals surface area contributed by atoms with Crippen molar-refractivity contribution in [2.75, 3.05) is 7.11 Å². The number of ether oxygens (including phenoxy) is 1. The smallest absolute Gasteiger partial charge is 0.336 e. The number of hydrogen-bond donors (Lipinski definition) is 1. The Morgan fingerprint density at radius 1 is 1.16 bits per heavy atom. The number of halogens is 1. The van der Waals surface area contributed by atoms with E-state index in [9.17, 15) is 9.18 Å². The molecular formula is C15H13FO3. The van der Waals surface area contributed by atoms with Crippen LogP contribution < -0.4 is 4.74 Å². The third-order valence-electron chi connectivity index (χ3n) is 2.94. The van der Waals surface area contributed by atoms with E-state index >= 15 is 0 Å². The third kappa shape index (κ3) is 2.57. The van der Waals surface area contributed by atoms with E-state index in [1.54, 1.807) is 25.3 Å². The maximum absolute atomic E-state index is 13.4. The summed E-state index contributed by atoms with van der Waals surface area (Å²) in [7, 11) is 1.55. The number of carboxylic acid groups (broad SMARTS) is 1. The third-order valence-corrected chi connectivity index (χ3v) is 2.94. The van der Waals surface area contributed by atoms with Crippen molar-refractivity contribution in [3.8, 4) is 16.9 Å². The van der Waals surface area contributed by atoms with E-state index in [1.165, 1.54) is 12.1 Å². The molecule has 0 fully saturated rings. The predicted octanol–water partition coefficient (Wildman–Crippen LogP) is 3.51. The second kappa shape index (κ2) is 5.10. The standard InChI is InChI=1S/C15H13FO3/c1-9-7-11(19-2)4-6-12(9)14-8-10(16)3-5-13(14)15(17)18/h3-8H,1-2H3,(H,17,18). The van der Waals surface area contributed by atoms with Crippen LogP contribution in [-0.2, 0) is 0 Å². The van der Waals surface area contributed by atoms with Gasteiger partial charge in [0.15, 0.2) is 0 Å². The Balaban J connectivity index is 2.64. The topological polar surface area (TPSA) is 46.5 Å². The predicted molar refractivity (Wildman–Crippen MR) is 70.1 cm³/mol. The van der Waals surface area contributed by atoms with Gasteiger partial charge in [-0.15, -0.1) is 0 Å². The minimum Gasteiger partial charge on any atom is -0.497 e. The van der Waals surface area contributed by atoms with Crippen molar-refractivity contribution in [1.29, 1.82) is 0 Å². The van der Waals surface area contributed by atoms with Crippen molar-refractivity contribution in [1.82, 2.24) is 0 Å². The number of carbonyl (C=O) groups is 1. The molecule has 0 aromatic heterocycles. The number of aromatic carboxylic acids is 1. The van der Waals surface area contributed by atoms with Crippen molar-refractivity contribution in [3.05, 3.63) is 53.3 Å². The van der Waals surface area contributed by atoms with Gasteiger partial charge in [-0.3, -0.25) is 0 Å². The van der Waals surface area contributed by atoms with Crippen LogP contribution in [0.3, 0.4) is 0 Å². The van der Waals surface area contributed by atoms with Gasteiger partial charge in [-0.2, -0.15) is 0 Å². The highest BCUT2D eigenvalue weighted by molar-refractivity contribution is 5.96. The normalized spacial score (nSPS) is 10.3. The number of rotatable bonds is 3. The Bertz CT molecular complexity index is 635. The van der Waals surface area contributed by atoms with Gasteiger partial charge in [0.1, 0.15) is 11.6 Å². The van der Waals surface area contributed by atoms with Crippen LogP contribution in [0.4, 0.5) is 4.39 Å². The van der Waals surface area contributed by atoms with Crippen molar-refractivity contribution >= 4 is 5.97 Å². The zero-order valence-corrected chi connectivity index (χ0v) is 10.6. The summed E-state index contributed by atoms with van der Waals surface area (Å²) in [6, 6.07) is 8.89. The minimum absolute atomic E-state index is 0.0784. The van der Waals surface area contributed by atoms with E-state index in [4.69, 9.17) is 9.84 Å². The first kappa shape index (κ1) is 13.1. The van der Waals surface area contributed by atoms with Crippen LogP contribution in [-0.4, -0.2) is 18.2 Å². The zero-order chi connectivity index (χ0) is 14.0. The molecule has 1 N–H and O–H groups in total. The van der Waals surface area contributed by atoms with E-state index in [2.05, 4.69) is 0 Å². The first-order valence-electron chi connectivity index (χ1n) is 5.71. The Morgan fingerprint density at radius 3 is 2.47 bits per heavy atom. The van der Waals surface area contributed by atoms with Gasteiger partial charge >= 0.3 is 5.97 Å². The maximum Gasteiger partial charge on any atom is 0.336 e. The van der Waals surface area contributed by atoms with E-state index < -0.39 is 11.8 Å². The average molecular weight is 260 g/mol. The molecule has 0 saturated heterocycles. The average Bonchev–Trinajstić information content (AvgIpc) is 2.38. The second-order valence-corrected chi connectivity index (χ2v) is 4.18. The Labute approximate surface area is 110 Å². The number of hydrogen-bond acceptors (Lipinski definition) is 2. The lowest BCUT2D eigenvalue weighted by Gasteiger charge is -2.11. The molecule has 0 aliphatic carbocycles.